The molecular formula is C23H31N7O4. The number of fused-ring (bicyclic) bond motifs is 1. The quantitative estimate of drug-likeness (QED) is 0.357. The number of rotatable bonds is 7. The first-order chi connectivity index (χ1) is 16.5. The van der Waals surface area contributed by atoms with Gasteiger partial charge in [-0.05, 0) is 37.0 Å². The number of hydrogen-bond acceptors (Lipinski definition) is 6. The number of ether oxygens (including phenoxy) is 1. The SMILES string of the molecule is CCCC(=O)O.O=C(Nc1cn[nH]c1-c1nc2ccc(CN3CCOCC3)cc2[nH]1)NC1CC1. The second-order valence-corrected chi connectivity index (χ2v) is 8.50. The minimum atomic E-state index is -0.711. The molecule has 1 aliphatic heterocycles. The van der Waals surface area contributed by atoms with Gasteiger partial charge in [0.1, 0.15) is 5.69 Å². The summed E-state index contributed by atoms with van der Waals surface area (Å²) < 4.78 is 5.41. The number of carbonyl (C=O) groups is 2. The minimum Gasteiger partial charge on any atom is -0.481 e. The maximum Gasteiger partial charge on any atom is 0.319 e. The lowest BCUT2D eigenvalue weighted by Crippen LogP contribution is -2.35. The fourth-order valence-electron chi connectivity index (χ4n) is 3.64. The van der Waals surface area contributed by atoms with E-state index in [0.29, 0.717) is 29.7 Å². The van der Waals surface area contributed by atoms with Crippen molar-refractivity contribution in [3.05, 3.63) is 30.0 Å². The molecule has 5 rings (SSSR count). The number of nitrogens with zero attached hydrogens (tertiary/aromatic N) is 3. The number of urea groups is 1. The molecule has 0 atom stereocenters. The number of carboxylic acid groups (broad SMARTS) is 1. The molecular weight excluding hydrogens is 438 g/mol. The van der Waals surface area contributed by atoms with Crippen molar-refractivity contribution in [3.63, 3.8) is 0 Å². The molecule has 11 nitrogen and oxygen atoms in total. The first-order valence-electron chi connectivity index (χ1n) is 11.6. The maximum atomic E-state index is 12.0. The number of carboxylic acids is 1. The van der Waals surface area contributed by atoms with E-state index in [4.69, 9.17) is 9.84 Å². The highest BCUT2D eigenvalue weighted by atomic mass is 16.5. The van der Waals surface area contributed by atoms with Crippen LogP contribution in [-0.4, -0.2) is 74.5 Å². The molecule has 0 bridgehead atoms. The van der Waals surface area contributed by atoms with Gasteiger partial charge < -0.3 is 25.5 Å². The van der Waals surface area contributed by atoms with Gasteiger partial charge >= 0.3 is 12.0 Å². The number of H-pyrrole nitrogens is 2. The first-order valence-corrected chi connectivity index (χ1v) is 11.6. The lowest BCUT2D eigenvalue weighted by molar-refractivity contribution is -0.137. The number of anilines is 1. The number of carbonyl (C=O) groups excluding carboxylic acids is 1. The highest BCUT2D eigenvalue weighted by Gasteiger charge is 2.24. The molecule has 2 amide bonds. The predicted molar refractivity (Wildman–Crippen MR) is 127 cm³/mol. The number of aromatic amines is 2. The van der Waals surface area contributed by atoms with Crippen LogP contribution in [0.4, 0.5) is 10.5 Å². The normalized spacial score (nSPS) is 16.0. The molecule has 0 unspecified atom stereocenters. The first kappa shape index (κ1) is 23.7. The van der Waals surface area contributed by atoms with Crippen molar-refractivity contribution in [2.45, 2.75) is 45.2 Å². The standard InChI is InChI=1S/C19H23N7O2.C4H8O2/c27-19(21-13-2-3-13)24-16-10-20-25-17(16)18-22-14-4-1-12(9-15(14)23-18)11-26-5-7-28-8-6-26;1-2-3-4(5)6/h1,4,9-10,13H,2-3,5-8,11H2,(H,20,25)(H,22,23)(H2,21,24,27);2-3H2,1H3,(H,5,6). The fraction of sp³-hybridized carbons (Fsp3) is 0.478. The van der Waals surface area contributed by atoms with E-state index in [2.05, 4.69) is 47.8 Å². The Hall–Kier alpha value is -3.44. The zero-order chi connectivity index (χ0) is 23.9. The van der Waals surface area contributed by atoms with E-state index in [-0.39, 0.29) is 6.03 Å². The van der Waals surface area contributed by atoms with Crippen molar-refractivity contribution in [3.8, 4) is 11.5 Å². The van der Waals surface area contributed by atoms with Gasteiger partial charge in [-0.1, -0.05) is 13.0 Å². The van der Waals surface area contributed by atoms with Gasteiger partial charge in [-0.3, -0.25) is 14.8 Å². The molecule has 11 heteroatoms. The number of benzene rings is 1. The summed E-state index contributed by atoms with van der Waals surface area (Å²) in [7, 11) is 0. The van der Waals surface area contributed by atoms with Crippen LogP contribution in [-0.2, 0) is 16.1 Å². The molecule has 1 saturated heterocycles. The fourth-order valence-corrected chi connectivity index (χ4v) is 3.64. The van der Waals surface area contributed by atoms with Crippen LogP contribution in [0.1, 0.15) is 38.2 Å². The Labute approximate surface area is 197 Å². The monoisotopic (exact) mass is 469 g/mol. The Kier molecular flexibility index (Phi) is 7.76. The lowest BCUT2D eigenvalue weighted by Gasteiger charge is -2.26. The zero-order valence-corrected chi connectivity index (χ0v) is 19.3. The van der Waals surface area contributed by atoms with Crippen LogP contribution < -0.4 is 10.6 Å². The van der Waals surface area contributed by atoms with Gasteiger partial charge in [-0.25, -0.2) is 9.78 Å². The third-order valence-electron chi connectivity index (χ3n) is 5.56. The topological polar surface area (TPSA) is 148 Å². The van der Waals surface area contributed by atoms with Crippen LogP contribution in [0.25, 0.3) is 22.6 Å². The van der Waals surface area contributed by atoms with E-state index in [1.165, 1.54) is 5.56 Å². The van der Waals surface area contributed by atoms with Gasteiger partial charge in [0.25, 0.3) is 0 Å². The van der Waals surface area contributed by atoms with Gasteiger partial charge in [0.05, 0.1) is 36.1 Å². The molecule has 5 N–H and O–H groups in total. The average Bonchev–Trinajstić information content (AvgIpc) is 3.33. The largest absolute Gasteiger partial charge is 0.481 e. The van der Waals surface area contributed by atoms with Crippen molar-refractivity contribution in [2.24, 2.45) is 0 Å². The summed E-state index contributed by atoms with van der Waals surface area (Å²) in [5.41, 5.74) is 4.34. The molecule has 0 radical (unpaired) electrons. The van der Waals surface area contributed by atoms with Gasteiger partial charge in [-0.2, -0.15) is 5.10 Å². The second kappa shape index (κ2) is 11.1. The molecule has 2 aliphatic rings. The summed E-state index contributed by atoms with van der Waals surface area (Å²) in [5.74, 6) is -0.0600. The van der Waals surface area contributed by atoms with Crippen molar-refractivity contribution < 1.29 is 19.4 Å². The molecule has 1 aromatic carbocycles. The van der Waals surface area contributed by atoms with Gasteiger partial charge in [0.2, 0.25) is 0 Å². The summed E-state index contributed by atoms with van der Waals surface area (Å²) in [6, 6.07) is 6.34. The lowest BCUT2D eigenvalue weighted by atomic mass is 10.2. The van der Waals surface area contributed by atoms with E-state index in [1.54, 1.807) is 6.20 Å². The smallest absolute Gasteiger partial charge is 0.319 e. The highest BCUT2D eigenvalue weighted by Crippen LogP contribution is 2.26. The summed E-state index contributed by atoms with van der Waals surface area (Å²) in [6.07, 6.45) is 4.71. The van der Waals surface area contributed by atoms with Gasteiger partial charge in [0, 0.05) is 32.1 Å². The van der Waals surface area contributed by atoms with E-state index >= 15 is 0 Å². The Bertz CT molecular complexity index is 1120. The maximum absolute atomic E-state index is 12.0. The number of nitrogens with one attached hydrogen (secondary N) is 4. The Balaban J connectivity index is 0.000000408. The Morgan fingerprint density at radius 2 is 2.06 bits per heavy atom. The predicted octanol–water partition coefficient (Wildman–Crippen LogP) is 2.94. The second-order valence-electron chi connectivity index (χ2n) is 8.50. The molecule has 3 heterocycles. The van der Waals surface area contributed by atoms with Crippen molar-refractivity contribution >= 4 is 28.7 Å². The number of morpholine rings is 1. The van der Waals surface area contributed by atoms with Gasteiger partial charge in [-0.15, -0.1) is 0 Å². The van der Waals surface area contributed by atoms with E-state index in [0.717, 1.165) is 63.1 Å². The summed E-state index contributed by atoms with van der Waals surface area (Å²) in [4.78, 5) is 32.0. The molecule has 2 fully saturated rings. The minimum absolute atomic E-state index is 0.214. The van der Waals surface area contributed by atoms with Crippen LogP contribution in [0.3, 0.4) is 0 Å². The number of aromatic nitrogens is 4. The molecule has 1 aliphatic carbocycles. The van der Waals surface area contributed by atoms with Crippen molar-refractivity contribution in [2.75, 3.05) is 31.6 Å². The Morgan fingerprint density at radius 1 is 1.26 bits per heavy atom. The van der Waals surface area contributed by atoms with E-state index < -0.39 is 5.97 Å². The molecule has 182 valence electrons. The van der Waals surface area contributed by atoms with Crippen LogP contribution in [0.15, 0.2) is 24.4 Å². The molecule has 0 spiro atoms. The molecule has 1 saturated carbocycles. The zero-order valence-electron chi connectivity index (χ0n) is 19.3. The van der Waals surface area contributed by atoms with Crippen molar-refractivity contribution in [1.29, 1.82) is 0 Å². The van der Waals surface area contributed by atoms with Crippen LogP contribution in [0.2, 0.25) is 0 Å². The number of imidazole rings is 1. The molecule has 2 aromatic heterocycles. The van der Waals surface area contributed by atoms with E-state index in [9.17, 15) is 9.59 Å². The molecule has 34 heavy (non-hydrogen) atoms. The van der Waals surface area contributed by atoms with Crippen LogP contribution >= 0.6 is 0 Å². The van der Waals surface area contributed by atoms with Gasteiger partial charge in [0.15, 0.2) is 5.82 Å². The average molecular weight is 470 g/mol. The number of amides is 2. The van der Waals surface area contributed by atoms with Crippen LogP contribution in [0, 0.1) is 0 Å². The van der Waals surface area contributed by atoms with Crippen LogP contribution in [0.5, 0.6) is 0 Å². The summed E-state index contributed by atoms with van der Waals surface area (Å²) in [5, 5.41) is 20.7. The Morgan fingerprint density at radius 3 is 2.74 bits per heavy atom. The third-order valence-corrected chi connectivity index (χ3v) is 5.56. The summed E-state index contributed by atoms with van der Waals surface area (Å²) >= 11 is 0. The van der Waals surface area contributed by atoms with Crippen molar-refractivity contribution in [1.82, 2.24) is 30.4 Å². The van der Waals surface area contributed by atoms with E-state index in [1.807, 2.05) is 13.0 Å². The summed E-state index contributed by atoms with van der Waals surface area (Å²) in [6.45, 7) is 6.23. The third kappa shape index (κ3) is 6.55. The highest BCUT2D eigenvalue weighted by molar-refractivity contribution is 5.93. The molecule has 3 aromatic rings. The number of hydrogen-bond donors (Lipinski definition) is 5. The number of aliphatic carboxylic acids is 1.